The molecule has 3 aromatic carbocycles. The average Bonchev–Trinajstić information content (AvgIpc) is 3.73. The molecule has 52 heavy (non-hydrogen) atoms. The second kappa shape index (κ2) is 14.4. The highest BCUT2D eigenvalue weighted by atomic mass is 32.2. The van der Waals surface area contributed by atoms with Crippen LogP contribution in [0.3, 0.4) is 0 Å². The summed E-state index contributed by atoms with van der Waals surface area (Å²) in [7, 11) is -4.07. The van der Waals surface area contributed by atoms with Crippen molar-refractivity contribution in [2.45, 2.75) is 42.5 Å². The number of hydrogen-bond acceptors (Lipinski definition) is 8. The molecule has 5 aromatic rings. The van der Waals surface area contributed by atoms with E-state index in [1.165, 1.54) is 30.6 Å². The van der Waals surface area contributed by atoms with E-state index in [1.807, 2.05) is 55.5 Å². The molecular formula is C38H38F2N6O5S. The number of pyridine rings is 1. The minimum atomic E-state index is -4.07. The number of hydrogen-bond donors (Lipinski definition) is 3. The second-order valence-electron chi connectivity index (χ2n) is 12.9. The Kier molecular flexibility index (Phi) is 9.68. The van der Waals surface area contributed by atoms with Crippen LogP contribution in [-0.4, -0.2) is 79.0 Å². The second-order valence-corrected chi connectivity index (χ2v) is 14.7. The molecule has 0 radical (unpaired) electrons. The smallest absolute Gasteiger partial charge is 0.407 e. The lowest BCUT2D eigenvalue weighted by atomic mass is 9.98. The number of amides is 2. The van der Waals surface area contributed by atoms with E-state index in [0.717, 1.165) is 26.2 Å². The number of carbonyl (C=O) groups is 2. The highest BCUT2D eigenvalue weighted by molar-refractivity contribution is 7.90. The van der Waals surface area contributed by atoms with Crippen molar-refractivity contribution in [3.63, 3.8) is 0 Å². The normalized spacial score (nSPS) is 16.9. The third kappa shape index (κ3) is 6.83. The first-order chi connectivity index (χ1) is 25.1. The van der Waals surface area contributed by atoms with Gasteiger partial charge in [0.25, 0.3) is 15.9 Å². The Morgan fingerprint density at radius 1 is 0.962 bits per heavy atom. The number of fused-ring (bicyclic) bond motifs is 4. The van der Waals surface area contributed by atoms with Gasteiger partial charge in [-0.15, -0.1) is 0 Å². The van der Waals surface area contributed by atoms with Crippen molar-refractivity contribution in [1.29, 1.82) is 0 Å². The number of carbonyl (C=O) groups excluding carboxylic acids is 2. The summed E-state index contributed by atoms with van der Waals surface area (Å²) in [6.45, 7) is 2.36. The van der Waals surface area contributed by atoms with Crippen LogP contribution < -0.4 is 16.0 Å². The topological polar surface area (TPSA) is 135 Å². The van der Waals surface area contributed by atoms with Crippen molar-refractivity contribution in [3.05, 3.63) is 108 Å². The number of nitrogens with zero attached hydrogens (tertiary/aromatic N) is 3. The van der Waals surface area contributed by atoms with Crippen molar-refractivity contribution < 1.29 is 31.5 Å². The minimum absolute atomic E-state index is 0.00980. The van der Waals surface area contributed by atoms with Gasteiger partial charge in [0.15, 0.2) is 5.65 Å². The number of piperidine rings is 1. The quantitative estimate of drug-likeness (QED) is 0.145. The van der Waals surface area contributed by atoms with Crippen LogP contribution >= 0.6 is 0 Å². The lowest BCUT2D eigenvalue weighted by molar-refractivity contribution is -0.116. The number of aromatic nitrogens is 2. The summed E-state index contributed by atoms with van der Waals surface area (Å²) >= 11 is 0. The molecule has 1 aliphatic heterocycles. The molecule has 0 spiro atoms. The molecule has 7 rings (SSSR count). The lowest BCUT2D eigenvalue weighted by Crippen LogP contribution is -2.54. The molecule has 3 N–H and O–H groups in total. The molecular weight excluding hydrogens is 691 g/mol. The Labute approximate surface area is 300 Å². The Hall–Kier alpha value is -5.34. The van der Waals surface area contributed by atoms with Gasteiger partial charge in [0.1, 0.15) is 6.61 Å². The maximum Gasteiger partial charge on any atom is 0.407 e. The molecule has 1 fully saturated rings. The van der Waals surface area contributed by atoms with Crippen LogP contribution in [0.2, 0.25) is 0 Å². The van der Waals surface area contributed by atoms with E-state index in [9.17, 15) is 18.0 Å². The molecule has 2 aliphatic rings. The molecule has 2 amide bonds. The van der Waals surface area contributed by atoms with Gasteiger partial charge < -0.3 is 20.7 Å². The number of nitrogens with one attached hydrogen (secondary N) is 3. The fourth-order valence-corrected chi connectivity index (χ4v) is 8.31. The van der Waals surface area contributed by atoms with E-state index in [1.54, 1.807) is 23.1 Å². The van der Waals surface area contributed by atoms with Gasteiger partial charge in [-0.25, -0.2) is 30.9 Å². The standard InChI is InChI=1S/C38H38F2N6O5S/c1-2-45-20-18-33(38(39,40)24-45)44-35-30-17-21-46(52(49,50)25-10-4-3-5-11-25)36(30)42-22-32(35)43-34(47)16-19-41-37(48)51-23-31-28-14-8-6-12-26(28)27-13-7-9-15-29(27)31/h3-15,17,21-22,31,33H,2,16,18-20,23-24H2,1H3,(H,41,48)(H,42,44)(H,43,47). The SMILES string of the molecule is CCN1CCC(Nc2c(NC(=O)CCNC(=O)OCC3c4ccccc4-c4ccccc43)cnc3c2ccn3S(=O)(=O)c2ccccc2)C(F)(F)C1. The molecule has 270 valence electrons. The van der Waals surface area contributed by atoms with Crippen molar-refractivity contribution in [1.82, 2.24) is 19.2 Å². The van der Waals surface area contributed by atoms with Gasteiger partial charge in [-0.2, -0.15) is 0 Å². The van der Waals surface area contributed by atoms with Gasteiger partial charge >= 0.3 is 6.09 Å². The zero-order valence-electron chi connectivity index (χ0n) is 28.4. The van der Waals surface area contributed by atoms with Crippen molar-refractivity contribution in [2.75, 3.05) is 43.4 Å². The van der Waals surface area contributed by atoms with E-state index < -0.39 is 40.5 Å². The Morgan fingerprint density at radius 2 is 1.63 bits per heavy atom. The molecule has 1 unspecified atom stereocenters. The number of alkyl carbamates (subject to hydrolysis) is 1. The largest absolute Gasteiger partial charge is 0.449 e. The average molecular weight is 729 g/mol. The van der Waals surface area contributed by atoms with Crippen LogP contribution in [0.25, 0.3) is 22.2 Å². The zero-order chi connectivity index (χ0) is 36.5. The molecule has 1 atom stereocenters. The molecule has 1 saturated heterocycles. The van der Waals surface area contributed by atoms with Gasteiger partial charge in [0, 0.05) is 37.0 Å². The summed E-state index contributed by atoms with van der Waals surface area (Å²) in [5.74, 6) is -3.75. The van der Waals surface area contributed by atoms with Gasteiger partial charge in [0.05, 0.1) is 35.1 Å². The number of benzene rings is 3. The third-order valence-electron chi connectivity index (χ3n) is 9.66. The molecule has 3 heterocycles. The zero-order valence-corrected chi connectivity index (χ0v) is 29.2. The summed E-state index contributed by atoms with van der Waals surface area (Å²) in [5.41, 5.74) is 4.60. The van der Waals surface area contributed by atoms with E-state index in [-0.39, 0.29) is 59.2 Å². The third-order valence-corrected chi connectivity index (χ3v) is 11.3. The fourth-order valence-electron chi connectivity index (χ4n) is 6.99. The van der Waals surface area contributed by atoms with E-state index >= 15 is 8.78 Å². The minimum Gasteiger partial charge on any atom is -0.449 e. The summed E-state index contributed by atoms with van der Waals surface area (Å²) in [4.78, 5) is 31.9. The predicted octanol–water partition coefficient (Wildman–Crippen LogP) is 6.28. The van der Waals surface area contributed by atoms with Crippen LogP contribution in [0.15, 0.2) is 102 Å². The van der Waals surface area contributed by atoms with Crippen LogP contribution in [0.5, 0.6) is 0 Å². The summed E-state index contributed by atoms with van der Waals surface area (Å²) in [6.07, 6.45) is 1.84. The molecule has 2 aromatic heterocycles. The molecule has 0 saturated carbocycles. The first-order valence-corrected chi connectivity index (χ1v) is 18.6. The van der Waals surface area contributed by atoms with Gasteiger partial charge in [-0.3, -0.25) is 9.69 Å². The molecule has 0 bridgehead atoms. The first-order valence-electron chi connectivity index (χ1n) is 17.1. The Morgan fingerprint density at radius 3 is 2.31 bits per heavy atom. The molecule has 11 nitrogen and oxygen atoms in total. The lowest BCUT2D eigenvalue weighted by Gasteiger charge is -2.38. The number of alkyl halides is 2. The predicted molar refractivity (Wildman–Crippen MR) is 194 cm³/mol. The van der Waals surface area contributed by atoms with Crippen molar-refractivity contribution in [3.8, 4) is 11.1 Å². The molecule has 1 aliphatic carbocycles. The fraction of sp³-hybridized carbons (Fsp3) is 0.289. The monoisotopic (exact) mass is 728 g/mol. The number of halogens is 2. The van der Waals surface area contributed by atoms with E-state index in [0.29, 0.717) is 13.1 Å². The van der Waals surface area contributed by atoms with Crippen LogP contribution in [0.4, 0.5) is 25.0 Å². The van der Waals surface area contributed by atoms with Gasteiger partial charge in [-0.05, 0) is 53.4 Å². The van der Waals surface area contributed by atoms with Crippen LogP contribution in [-0.2, 0) is 19.6 Å². The number of ether oxygens (including phenoxy) is 1. The highest BCUT2D eigenvalue weighted by Crippen LogP contribution is 2.44. The van der Waals surface area contributed by atoms with Crippen LogP contribution in [0, 0.1) is 0 Å². The highest BCUT2D eigenvalue weighted by Gasteiger charge is 2.44. The van der Waals surface area contributed by atoms with Crippen LogP contribution in [0.1, 0.15) is 36.8 Å². The number of rotatable bonds is 11. The van der Waals surface area contributed by atoms with E-state index in [4.69, 9.17) is 4.74 Å². The maximum atomic E-state index is 15.4. The molecule has 14 heteroatoms. The Bertz CT molecular complexity index is 2180. The summed E-state index contributed by atoms with van der Waals surface area (Å²) < 4.78 is 64.4. The van der Waals surface area contributed by atoms with Crippen molar-refractivity contribution in [2.24, 2.45) is 0 Å². The first kappa shape index (κ1) is 35.1. The number of likely N-dealkylation sites (tertiary alicyclic amines) is 1. The van der Waals surface area contributed by atoms with Gasteiger partial charge in [-0.1, -0.05) is 73.7 Å². The maximum absolute atomic E-state index is 15.4. The van der Waals surface area contributed by atoms with E-state index in [2.05, 4.69) is 20.9 Å². The summed E-state index contributed by atoms with van der Waals surface area (Å²) in [5, 5.41) is 8.51. The van der Waals surface area contributed by atoms with Gasteiger partial charge in [0.2, 0.25) is 5.91 Å². The number of anilines is 2. The summed E-state index contributed by atoms with van der Waals surface area (Å²) in [6, 6.07) is 24.0. The Balaban J connectivity index is 1.05. The van der Waals surface area contributed by atoms with Crippen molar-refractivity contribution >= 4 is 44.4 Å².